The molecule has 0 bridgehead atoms. The van der Waals surface area contributed by atoms with Crippen LogP contribution < -0.4 is 11.1 Å². The summed E-state index contributed by atoms with van der Waals surface area (Å²) >= 11 is 5.99. The standard InChI is InChI=1S/C14H18ClN3/c15-10-3-1-2-9(6-10)7-14-17-12-5-4-11(16)8-13(12)18-14/h1-3,6,11-13H,4-5,7-8,16H2,(H,17,18). The molecule has 3 N–H and O–H groups in total. The predicted octanol–water partition coefficient (Wildman–Crippen LogP) is 2.13. The molecule has 18 heavy (non-hydrogen) atoms. The molecule has 1 saturated carbocycles. The summed E-state index contributed by atoms with van der Waals surface area (Å²) in [6.45, 7) is 0. The third-order valence-electron chi connectivity index (χ3n) is 3.79. The zero-order valence-electron chi connectivity index (χ0n) is 10.3. The number of benzene rings is 1. The van der Waals surface area contributed by atoms with Gasteiger partial charge in [0.25, 0.3) is 0 Å². The zero-order chi connectivity index (χ0) is 12.5. The highest BCUT2D eigenvalue weighted by Gasteiger charge is 2.33. The van der Waals surface area contributed by atoms with E-state index in [4.69, 9.17) is 22.3 Å². The van der Waals surface area contributed by atoms with Crippen molar-refractivity contribution in [2.24, 2.45) is 10.7 Å². The van der Waals surface area contributed by atoms with Gasteiger partial charge in [-0.05, 0) is 37.0 Å². The van der Waals surface area contributed by atoms with Gasteiger partial charge in [-0.25, -0.2) is 0 Å². The molecule has 96 valence electrons. The van der Waals surface area contributed by atoms with Crippen LogP contribution in [0.15, 0.2) is 29.3 Å². The minimum Gasteiger partial charge on any atom is -0.369 e. The summed E-state index contributed by atoms with van der Waals surface area (Å²) in [5, 5.41) is 4.30. The summed E-state index contributed by atoms with van der Waals surface area (Å²) in [6.07, 6.45) is 4.07. The van der Waals surface area contributed by atoms with Crippen molar-refractivity contribution < 1.29 is 0 Å². The average Bonchev–Trinajstić information content (AvgIpc) is 2.70. The maximum atomic E-state index is 6.00. The molecule has 3 nitrogen and oxygen atoms in total. The van der Waals surface area contributed by atoms with Crippen LogP contribution in [0.1, 0.15) is 24.8 Å². The molecule has 0 aromatic heterocycles. The van der Waals surface area contributed by atoms with E-state index in [0.29, 0.717) is 18.1 Å². The lowest BCUT2D eigenvalue weighted by molar-refractivity contribution is 0.347. The first-order chi connectivity index (χ1) is 8.70. The fraction of sp³-hybridized carbons (Fsp3) is 0.500. The monoisotopic (exact) mass is 263 g/mol. The van der Waals surface area contributed by atoms with Gasteiger partial charge in [-0.1, -0.05) is 23.7 Å². The fourth-order valence-corrected chi connectivity index (χ4v) is 3.10. The van der Waals surface area contributed by atoms with Crippen LogP contribution in [0, 0.1) is 0 Å². The van der Waals surface area contributed by atoms with E-state index in [1.165, 1.54) is 5.56 Å². The van der Waals surface area contributed by atoms with Crippen LogP contribution in [-0.4, -0.2) is 24.0 Å². The van der Waals surface area contributed by atoms with Crippen LogP contribution in [0.2, 0.25) is 5.02 Å². The number of hydrogen-bond donors (Lipinski definition) is 2. The number of halogens is 1. The molecular formula is C14H18ClN3. The quantitative estimate of drug-likeness (QED) is 0.859. The van der Waals surface area contributed by atoms with Gasteiger partial charge < -0.3 is 11.1 Å². The predicted molar refractivity (Wildman–Crippen MR) is 75.1 cm³/mol. The molecule has 0 saturated heterocycles. The molecule has 3 atom stereocenters. The lowest BCUT2D eigenvalue weighted by atomic mass is 9.88. The van der Waals surface area contributed by atoms with Crippen molar-refractivity contribution in [3.63, 3.8) is 0 Å². The van der Waals surface area contributed by atoms with Crippen LogP contribution in [0.25, 0.3) is 0 Å². The van der Waals surface area contributed by atoms with Crippen LogP contribution in [0.4, 0.5) is 0 Å². The van der Waals surface area contributed by atoms with Crippen molar-refractivity contribution in [3.05, 3.63) is 34.9 Å². The first kappa shape index (κ1) is 12.0. The van der Waals surface area contributed by atoms with E-state index < -0.39 is 0 Å². The van der Waals surface area contributed by atoms with Crippen molar-refractivity contribution in [2.75, 3.05) is 0 Å². The molecule has 0 amide bonds. The number of fused-ring (bicyclic) bond motifs is 1. The zero-order valence-corrected chi connectivity index (χ0v) is 11.0. The molecule has 3 rings (SSSR count). The number of hydrogen-bond acceptors (Lipinski definition) is 3. The van der Waals surface area contributed by atoms with Gasteiger partial charge in [0.1, 0.15) is 5.84 Å². The van der Waals surface area contributed by atoms with Gasteiger partial charge in [0.2, 0.25) is 0 Å². The van der Waals surface area contributed by atoms with E-state index in [2.05, 4.69) is 11.4 Å². The molecule has 2 aliphatic rings. The van der Waals surface area contributed by atoms with E-state index in [1.807, 2.05) is 18.2 Å². The number of nitrogens with two attached hydrogens (primary N) is 1. The second-order valence-corrected chi connectivity index (χ2v) is 5.71. The Morgan fingerprint density at radius 2 is 2.28 bits per heavy atom. The normalized spacial score (nSPS) is 30.6. The first-order valence-corrected chi connectivity index (χ1v) is 6.92. The Morgan fingerprint density at radius 3 is 3.11 bits per heavy atom. The molecule has 3 unspecified atom stereocenters. The Kier molecular flexibility index (Phi) is 3.27. The molecule has 1 aromatic carbocycles. The van der Waals surface area contributed by atoms with Crippen molar-refractivity contribution >= 4 is 17.4 Å². The Labute approximate surface area is 112 Å². The lowest BCUT2D eigenvalue weighted by Crippen LogP contribution is -2.44. The van der Waals surface area contributed by atoms with Gasteiger partial charge in [-0.3, -0.25) is 4.99 Å². The molecule has 1 aromatic rings. The highest BCUT2D eigenvalue weighted by molar-refractivity contribution is 6.30. The molecule has 0 radical (unpaired) electrons. The van der Waals surface area contributed by atoms with E-state index in [1.54, 1.807) is 0 Å². The molecule has 1 aliphatic carbocycles. The Morgan fingerprint density at radius 1 is 1.39 bits per heavy atom. The summed E-state index contributed by atoms with van der Waals surface area (Å²) in [6, 6.07) is 9.18. The van der Waals surface area contributed by atoms with E-state index in [0.717, 1.165) is 36.5 Å². The van der Waals surface area contributed by atoms with Crippen molar-refractivity contribution in [1.82, 2.24) is 5.32 Å². The van der Waals surface area contributed by atoms with E-state index >= 15 is 0 Å². The average molecular weight is 264 g/mol. The smallest absolute Gasteiger partial charge is 0.101 e. The molecule has 0 spiro atoms. The third kappa shape index (κ3) is 2.52. The number of nitrogens with one attached hydrogen (secondary N) is 1. The van der Waals surface area contributed by atoms with Crippen molar-refractivity contribution in [2.45, 2.75) is 43.8 Å². The van der Waals surface area contributed by atoms with Crippen LogP contribution in [-0.2, 0) is 6.42 Å². The highest BCUT2D eigenvalue weighted by Crippen LogP contribution is 2.25. The van der Waals surface area contributed by atoms with Crippen LogP contribution in [0.3, 0.4) is 0 Å². The number of amidine groups is 1. The fourth-order valence-electron chi connectivity index (χ4n) is 2.89. The van der Waals surface area contributed by atoms with Crippen LogP contribution in [0.5, 0.6) is 0 Å². The summed E-state index contributed by atoms with van der Waals surface area (Å²) < 4.78 is 0. The number of nitrogens with zero attached hydrogens (tertiary/aromatic N) is 1. The Hall–Kier alpha value is -1.06. The minimum atomic E-state index is 0.333. The minimum absolute atomic E-state index is 0.333. The van der Waals surface area contributed by atoms with Crippen molar-refractivity contribution in [3.8, 4) is 0 Å². The number of rotatable bonds is 2. The highest BCUT2D eigenvalue weighted by atomic mass is 35.5. The van der Waals surface area contributed by atoms with Crippen molar-refractivity contribution in [1.29, 1.82) is 0 Å². The second kappa shape index (κ2) is 4.90. The molecule has 1 heterocycles. The molecule has 1 fully saturated rings. The van der Waals surface area contributed by atoms with Gasteiger partial charge in [0.15, 0.2) is 0 Å². The third-order valence-corrected chi connectivity index (χ3v) is 4.02. The molecular weight excluding hydrogens is 246 g/mol. The van der Waals surface area contributed by atoms with E-state index in [-0.39, 0.29) is 0 Å². The van der Waals surface area contributed by atoms with Gasteiger partial charge >= 0.3 is 0 Å². The largest absolute Gasteiger partial charge is 0.369 e. The van der Waals surface area contributed by atoms with E-state index in [9.17, 15) is 0 Å². The summed E-state index contributed by atoms with van der Waals surface area (Å²) in [5.74, 6) is 1.08. The Bertz CT molecular complexity index is 472. The summed E-state index contributed by atoms with van der Waals surface area (Å²) in [4.78, 5) is 4.78. The number of aliphatic imine (C=N–C) groups is 1. The lowest BCUT2D eigenvalue weighted by Gasteiger charge is -2.28. The Balaban J connectivity index is 1.68. The maximum absolute atomic E-state index is 6.00. The van der Waals surface area contributed by atoms with Gasteiger partial charge in [-0.15, -0.1) is 0 Å². The van der Waals surface area contributed by atoms with Crippen LogP contribution >= 0.6 is 11.6 Å². The van der Waals surface area contributed by atoms with Gasteiger partial charge in [-0.2, -0.15) is 0 Å². The van der Waals surface area contributed by atoms with Gasteiger partial charge in [0, 0.05) is 17.5 Å². The summed E-state index contributed by atoms with van der Waals surface area (Å²) in [7, 11) is 0. The maximum Gasteiger partial charge on any atom is 0.101 e. The second-order valence-electron chi connectivity index (χ2n) is 5.27. The first-order valence-electron chi connectivity index (χ1n) is 6.54. The molecule has 1 aliphatic heterocycles. The summed E-state index contributed by atoms with van der Waals surface area (Å²) in [5.41, 5.74) is 7.21. The topological polar surface area (TPSA) is 50.4 Å². The van der Waals surface area contributed by atoms with Gasteiger partial charge in [0.05, 0.1) is 12.1 Å². The SMILES string of the molecule is NC1CCC2N=C(Cc3cccc(Cl)c3)NC2C1. The molecule has 4 heteroatoms.